The van der Waals surface area contributed by atoms with Gasteiger partial charge in [0.1, 0.15) is 11.5 Å². The Morgan fingerprint density at radius 3 is 1.35 bits per heavy atom. The third kappa shape index (κ3) is 8.30. The van der Waals surface area contributed by atoms with Crippen molar-refractivity contribution >= 4 is 40.2 Å². The van der Waals surface area contributed by atoms with Crippen LogP contribution < -0.4 is 26.0 Å². The maximum Gasteiger partial charge on any atom is 0.247 e. The molecular weight excluding hydrogens is 990 g/mol. The normalized spacial score (nSPS) is 15.5. The van der Waals surface area contributed by atoms with Gasteiger partial charge in [0.15, 0.2) is 0 Å². The van der Waals surface area contributed by atoms with E-state index in [0.717, 1.165) is 94.6 Å². The molecular formula is C79H68BNO. The summed E-state index contributed by atoms with van der Waals surface area (Å²) >= 11 is 0. The first-order valence-electron chi connectivity index (χ1n) is 33.4. The molecule has 0 atom stereocenters. The standard InChI is InChI=1S/C79H68BNO/c1-76(2,3)59-42-57(43-60(48-59)77(4,5)6)58-44-67-74-71(47-58)81(75-62(53-30-18-12-19-31-53)49-61(78(7,8)9)50-63(75)54-32-20-13-21-33-54)70-41-39-56(52-28-16-11-17-29-52)46-69(70)80(74)68-45-55(51-26-14-10-15-27-51)38-40-64(68)79(67)65-34-22-24-36-72(65)82-73-37-25-23-35-66(73)79/h10-50H,1-9H3/i10D,11D,14D,15D,16D,17D,26D,27D,28D,29D. The Hall–Kier alpha value is -8.92. The van der Waals surface area contributed by atoms with E-state index in [4.69, 9.17) is 13.0 Å². The van der Waals surface area contributed by atoms with E-state index < -0.39 is 48.4 Å². The molecule has 0 aliphatic carbocycles. The van der Waals surface area contributed by atoms with Crippen LogP contribution in [0.4, 0.5) is 17.1 Å². The highest BCUT2D eigenvalue weighted by molar-refractivity contribution is 6.99. The fourth-order valence-electron chi connectivity index (χ4n) is 13.0. The summed E-state index contributed by atoms with van der Waals surface area (Å²) in [6.45, 7) is 19.5. The molecule has 11 aromatic rings. The van der Waals surface area contributed by atoms with Crippen LogP contribution >= 0.6 is 0 Å². The predicted octanol–water partition coefficient (Wildman–Crippen LogP) is 19.0. The van der Waals surface area contributed by atoms with E-state index in [1.807, 2.05) is 78.9 Å². The Kier molecular flexibility index (Phi) is 9.58. The topological polar surface area (TPSA) is 12.5 Å². The number of benzene rings is 11. The van der Waals surface area contributed by atoms with Crippen molar-refractivity contribution < 1.29 is 18.4 Å². The Bertz CT molecular complexity index is 4730. The number of rotatable bonds is 6. The van der Waals surface area contributed by atoms with E-state index >= 15 is 0 Å². The molecule has 0 saturated carbocycles. The highest BCUT2D eigenvalue weighted by Gasteiger charge is 2.55. The summed E-state index contributed by atoms with van der Waals surface area (Å²) in [7, 11) is 0. The predicted molar refractivity (Wildman–Crippen MR) is 347 cm³/mol. The van der Waals surface area contributed by atoms with Crippen LogP contribution in [0, 0.1) is 0 Å². The number of anilines is 3. The van der Waals surface area contributed by atoms with Crippen molar-refractivity contribution in [3.8, 4) is 67.1 Å². The summed E-state index contributed by atoms with van der Waals surface area (Å²) in [5.74, 6) is 1.31. The van der Waals surface area contributed by atoms with Crippen LogP contribution in [-0.4, -0.2) is 6.71 Å². The molecule has 0 saturated heterocycles. The average Bonchev–Trinajstić information content (AvgIpc) is 0.666. The second kappa shape index (κ2) is 19.1. The SMILES string of the molecule is [2H]c1c([2H])c([2H])c(-c2ccc3c(c2)B2c4cc(-c5c([2H])c([2H])c([2H])c([2H])c5[2H])ccc4C4(c5ccccc5Oc5ccccc54)c4cc(-c5cc(C(C)(C)C)cc(C(C)(C)C)c5)cc(c42)N3c2c(-c3ccccc3)cc(C(C)(C)C)cc2-c2ccccc2)c([2H])c1[2H]. The van der Waals surface area contributed by atoms with Gasteiger partial charge in [-0.05, 0) is 142 Å². The number of para-hydroxylation sites is 2. The van der Waals surface area contributed by atoms with Crippen molar-refractivity contribution in [2.24, 2.45) is 0 Å². The maximum atomic E-state index is 9.50. The molecule has 2 nitrogen and oxygen atoms in total. The van der Waals surface area contributed by atoms with Crippen molar-refractivity contribution in [2.45, 2.75) is 84.0 Å². The second-order valence-electron chi connectivity index (χ2n) is 25.3. The van der Waals surface area contributed by atoms with Crippen LogP contribution in [0.5, 0.6) is 11.5 Å². The zero-order chi connectivity index (χ0) is 65.0. The van der Waals surface area contributed by atoms with Gasteiger partial charge in [0.25, 0.3) is 0 Å². The van der Waals surface area contributed by atoms with Gasteiger partial charge >= 0.3 is 0 Å². The highest BCUT2D eigenvalue weighted by atomic mass is 16.5. The Balaban J connectivity index is 1.25. The maximum absolute atomic E-state index is 9.50. The van der Waals surface area contributed by atoms with E-state index in [-0.39, 0.29) is 51.5 Å². The van der Waals surface area contributed by atoms with E-state index in [2.05, 4.69) is 176 Å². The molecule has 3 aliphatic rings. The highest BCUT2D eigenvalue weighted by Crippen LogP contribution is 2.59. The number of ether oxygens (including phenoxy) is 1. The van der Waals surface area contributed by atoms with E-state index in [0.29, 0.717) is 22.6 Å². The Labute approximate surface area is 499 Å². The minimum absolute atomic E-state index is 0.0530. The van der Waals surface area contributed by atoms with Gasteiger partial charge in [-0.25, -0.2) is 0 Å². The van der Waals surface area contributed by atoms with Gasteiger partial charge in [-0.1, -0.05) is 274 Å². The van der Waals surface area contributed by atoms with E-state index in [1.54, 1.807) is 0 Å². The molecule has 3 aliphatic heterocycles. The molecule has 0 bridgehead atoms. The van der Waals surface area contributed by atoms with Crippen molar-refractivity contribution in [3.63, 3.8) is 0 Å². The van der Waals surface area contributed by atoms with Gasteiger partial charge in [0, 0.05) is 33.6 Å². The van der Waals surface area contributed by atoms with Gasteiger partial charge in [0.2, 0.25) is 6.71 Å². The molecule has 3 heteroatoms. The van der Waals surface area contributed by atoms with Gasteiger partial charge in [-0.15, -0.1) is 0 Å². The summed E-state index contributed by atoms with van der Waals surface area (Å²) in [5.41, 5.74) is 16.9. The first-order chi connectivity index (χ1) is 43.7. The first kappa shape index (κ1) is 41.1. The molecule has 0 radical (unpaired) electrons. The lowest BCUT2D eigenvalue weighted by Crippen LogP contribution is -2.65. The molecule has 0 N–H and O–H groups in total. The Morgan fingerprint density at radius 1 is 0.366 bits per heavy atom. The molecule has 398 valence electrons. The lowest BCUT2D eigenvalue weighted by Gasteiger charge is -2.51. The third-order valence-corrected chi connectivity index (χ3v) is 17.2. The van der Waals surface area contributed by atoms with Crippen molar-refractivity contribution in [1.29, 1.82) is 0 Å². The van der Waals surface area contributed by atoms with Crippen LogP contribution in [0.25, 0.3) is 55.6 Å². The quantitative estimate of drug-likeness (QED) is 0.154. The summed E-state index contributed by atoms with van der Waals surface area (Å²) in [5, 5.41) is 0. The van der Waals surface area contributed by atoms with Crippen LogP contribution in [0.3, 0.4) is 0 Å². The monoisotopic (exact) mass is 1070 g/mol. The average molecular weight is 1070 g/mol. The third-order valence-electron chi connectivity index (χ3n) is 17.2. The molecule has 0 aromatic heterocycles. The van der Waals surface area contributed by atoms with Gasteiger partial charge in [-0.3, -0.25) is 0 Å². The Morgan fingerprint density at radius 2 is 0.829 bits per heavy atom. The minimum atomic E-state index is -1.18. The van der Waals surface area contributed by atoms with Crippen molar-refractivity contribution in [1.82, 2.24) is 0 Å². The van der Waals surface area contributed by atoms with Crippen molar-refractivity contribution in [3.05, 3.63) is 287 Å². The smallest absolute Gasteiger partial charge is 0.247 e. The zero-order valence-electron chi connectivity index (χ0n) is 57.8. The molecule has 0 fully saturated rings. The minimum Gasteiger partial charge on any atom is -0.457 e. The van der Waals surface area contributed by atoms with Gasteiger partial charge < -0.3 is 9.64 Å². The van der Waals surface area contributed by atoms with Crippen molar-refractivity contribution in [2.75, 3.05) is 4.90 Å². The lowest BCUT2D eigenvalue weighted by molar-refractivity contribution is 0.435. The summed E-state index contributed by atoms with van der Waals surface area (Å²) < 4.78 is 98.4. The van der Waals surface area contributed by atoms with Gasteiger partial charge in [-0.2, -0.15) is 0 Å². The lowest BCUT2D eigenvalue weighted by atomic mass is 9.29. The summed E-state index contributed by atoms with van der Waals surface area (Å²) in [6, 6.07) is 61.6. The van der Waals surface area contributed by atoms with Gasteiger partial charge in [0.05, 0.1) is 24.8 Å². The fraction of sp³-hybridized carbons (Fsp3) is 0.165. The number of hydrogen-bond donors (Lipinski definition) is 0. The molecule has 0 unspecified atom stereocenters. The van der Waals surface area contributed by atoms with Crippen LogP contribution in [-0.2, 0) is 21.7 Å². The molecule has 14 rings (SSSR count). The molecule has 11 aromatic carbocycles. The molecule has 0 amide bonds. The van der Waals surface area contributed by atoms with Crippen LogP contribution in [0.2, 0.25) is 0 Å². The molecule has 82 heavy (non-hydrogen) atoms. The van der Waals surface area contributed by atoms with Crippen LogP contribution in [0.1, 0.15) is 115 Å². The molecule has 1 spiro atoms. The number of nitrogens with zero attached hydrogens (tertiary/aromatic N) is 1. The fourth-order valence-corrected chi connectivity index (χ4v) is 13.0. The number of fused-ring (bicyclic) bond motifs is 10. The zero-order valence-corrected chi connectivity index (χ0v) is 47.8. The second-order valence-corrected chi connectivity index (χ2v) is 25.3. The molecule has 3 heterocycles. The van der Waals surface area contributed by atoms with Crippen LogP contribution in [0.15, 0.2) is 248 Å². The van der Waals surface area contributed by atoms with E-state index in [1.165, 1.54) is 11.1 Å². The first-order valence-corrected chi connectivity index (χ1v) is 28.4. The largest absolute Gasteiger partial charge is 0.457 e. The summed E-state index contributed by atoms with van der Waals surface area (Å²) in [6.07, 6.45) is 0. The number of hydrogen-bond acceptors (Lipinski definition) is 2. The van der Waals surface area contributed by atoms with E-state index in [9.17, 15) is 5.48 Å². The summed E-state index contributed by atoms with van der Waals surface area (Å²) in [4.78, 5) is 2.42.